The Morgan fingerprint density at radius 1 is 1.07 bits per heavy atom. The minimum absolute atomic E-state index is 0.0593. The second-order valence-electron chi connectivity index (χ2n) is 7.87. The van der Waals surface area contributed by atoms with Crippen LogP contribution in [0.1, 0.15) is 22.3 Å². The Kier molecular flexibility index (Phi) is 5.53. The van der Waals surface area contributed by atoms with E-state index in [1.807, 2.05) is 67.3 Å². The summed E-state index contributed by atoms with van der Waals surface area (Å²) in [7, 11) is -3.05. The van der Waals surface area contributed by atoms with Crippen molar-refractivity contribution in [3.63, 3.8) is 0 Å². The van der Waals surface area contributed by atoms with Gasteiger partial charge in [0, 0.05) is 11.8 Å². The third-order valence-corrected chi connectivity index (χ3v) is 8.55. The molecule has 0 spiro atoms. The van der Waals surface area contributed by atoms with Crippen LogP contribution in [0.25, 0.3) is 0 Å². The standard InChI is InChI=1S/C22H24N2O3S2/c1-15-6-8-17(9-7-15)12-24-19-13-29(26,27)14-20(19)28-22(24)23-21(25)11-18-5-3-4-16(2)10-18/h3-10,19-20H,11-14H2,1-2H3/t19-,20-/m1/s1. The minimum atomic E-state index is -3.05. The molecule has 2 atom stereocenters. The summed E-state index contributed by atoms with van der Waals surface area (Å²) in [6.07, 6.45) is 0.248. The van der Waals surface area contributed by atoms with Crippen LogP contribution in [-0.2, 0) is 27.6 Å². The first kappa shape index (κ1) is 20.2. The van der Waals surface area contributed by atoms with Crippen molar-refractivity contribution < 1.29 is 13.2 Å². The van der Waals surface area contributed by atoms with E-state index in [1.165, 1.54) is 17.3 Å². The number of benzene rings is 2. The van der Waals surface area contributed by atoms with Gasteiger partial charge in [-0.3, -0.25) is 4.79 Å². The second-order valence-corrected chi connectivity index (χ2v) is 11.2. The Hall–Kier alpha value is -2.12. The van der Waals surface area contributed by atoms with Gasteiger partial charge in [0.2, 0.25) is 0 Å². The smallest absolute Gasteiger partial charge is 0.252 e. The van der Waals surface area contributed by atoms with E-state index in [9.17, 15) is 13.2 Å². The molecule has 2 aromatic rings. The molecule has 4 rings (SSSR count). The van der Waals surface area contributed by atoms with Gasteiger partial charge in [-0.25, -0.2) is 8.42 Å². The van der Waals surface area contributed by atoms with Gasteiger partial charge in [0.1, 0.15) is 0 Å². The number of aliphatic imine (C=N–C) groups is 1. The number of nitrogens with zero attached hydrogens (tertiary/aromatic N) is 2. The molecule has 2 heterocycles. The molecule has 0 unspecified atom stereocenters. The fourth-order valence-corrected chi connectivity index (χ4v) is 7.82. The van der Waals surface area contributed by atoms with Gasteiger partial charge in [-0.2, -0.15) is 4.99 Å². The summed E-state index contributed by atoms with van der Waals surface area (Å²) in [5.41, 5.74) is 4.31. The molecule has 1 amide bonds. The van der Waals surface area contributed by atoms with Gasteiger partial charge in [0.05, 0.1) is 24.0 Å². The van der Waals surface area contributed by atoms with E-state index in [-0.39, 0.29) is 35.1 Å². The van der Waals surface area contributed by atoms with Crippen LogP contribution in [0.2, 0.25) is 0 Å². The highest BCUT2D eigenvalue weighted by Crippen LogP contribution is 2.39. The molecule has 0 aliphatic carbocycles. The van der Waals surface area contributed by atoms with Gasteiger partial charge in [-0.1, -0.05) is 71.4 Å². The fraction of sp³-hybridized carbons (Fsp3) is 0.364. The first-order chi connectivity index (χ1) is 13.8. The monoisotopic (exact) mass is 428 g/mol. The molecule has 2 fully saturated rings. The summed E-state index contributed by atoms with van der Waals surface area (Å²) in [5.74, 6) is 0.0780. The van der Waals surface area contributed by atoms with Gasteiger partial charge in [0.25, 0.3) is 5.91 Å². The summed E-state index contributed by atoms with van der Waals surface area (Å²) in [6, 6.07) is 15.9. The number of rotatable bonds is 4. The predicted molar refractivity (Wildman–Crippen MR) is 118 cm³/mol. The normalized spacial score (nSPS) is 24.1. The highest BCUT2D eigenvalue weighted by molar-refractivity contribution is 8.15. The number of thioether (sulfide) groups is 1. The summed E-state index contributed by atoms with van der Waals surface area (Å²) >= 11 is 1.43. The molecule has 2 aliphatic heterocycles. The lowest BCUT2D eigenvalue weighted by Crippen LogP contribution is -2.37. The Bertz CT molecular complexity index is 1060. The molecule has 5 nitrogen and oxygen atoms in total. The maximum atomic E-state index is 12.6. The fourth-order valence-electron chi connectivity index (χ4n) is 3.85. The first-order valence-electron chi connectivity index (χ1n) is 9.65. The molecule has 0 saturated carbocycles. The van der Waals surface area contributed by atoms with Gasteiger partial charge < -0.3 is 4.90 Å². The van der Waals surface area contributed by atoms with Crippen LogP contribution in [0.15, 0.2) is 53.5 Å². The number of carbonyl (C=O) groups excluding carboxylic acids is 1. The van der Waals surface area contributed by atoms with Crippen LogP contribution < -0.4 is 0 Å². The summed E-state index contributed by atoms with van der Waals surface area (Å²) < 4.78 is 24.3. The molecule has 2 aromatic carbocycles. The van der Waals surface area contributed by atoms with E-state index < -0.39 is 9.84 Å². The van der Waals surface area contributed by atoms with E-state index in [4.69, 9.17) is 0 Å². The zero-order valence-electron chi connectivity index (χ0n) is 16.5. The van der Waals surface area contributed by atoms with E-state index in [0.717, 1.165) is 16.7 Å². The minimum Gasteiger partial charge on any atom is -0.342 e. The van der Waals surface area contributed by atoms with Crippen molar-refractivity contribution >= 4 is 32.7 Å². The summed E-state index contributed by atoms with van der Waals surface area (Å²) in [5, 5.41) is 0.587. The molecule has 0 radical (unpaired) electrons. The lowest BCUT2D eigenvalue weighted by atomic mass is 10.1. The molecule has 152 valence electrons. The molecule has 0 N–H and O–H groups in total. The molecule has 2 saturated heterocycles. The van der Waals surface area contributed by atoms with Crippen LogP contribution >= 0.6 is 11.8 Å². The summed E-state index contributed by atoms with van der Waals surface area (Å²) in [6.45, 7) is 4.59. The van der Waals surface area contributed by atoms with E-state index >= 15 is 0 Å². The Morgan fingerprint density at radius 2 is 1.83 bits per heavy atom. The van der Waals surface area contributed by atoms with Crippen molar-refractivity contribution in [3.05, 3.63) is 70.8 Å². The number of fused-ring (bicyclic) bond motifs is 1. The van der Waals surface area contributed by atoms with E-state index in [1.54, 1.807) is 0 Å². The lowest BCUT2D eigenvalue weighted by molar-refractivity contribution is -0.117. The third-order valence-electron chi connectivity index (χ3n) is 5.31. The zero-order valence-corrected chi connectivity index (χ0v) is 18.2. The second kappa shape index (κ2) is 7.95. The lowest BCUT2D eigenvalue weighted by Gasteiger charge is -2.24. The van der Waals surface area contributed by atoms with Crippen molar-refractivity contribution in [1.82, 2.24) is 4.90 Å². The number of carbonyl (C=O) groups is 1. The van der Waals surface area contributed by atoms with Crippen molar-refractivity contribution in [3.8, 4) is 0 Å². The molecule has 2 aliphatic rings. The average Bonchev–Trinajstić information content (AvgIpc) is 3.09. The van der Waals surface area contributed by atoms with Crippen molar-refractivity contribution in [2.45, 2.75) is 38.1 Å². The van der Waals surface area contributed by atoms with Gasteiger partial charge >= 0.3 is 0 Å². The van der Waals surface area contributed by atoms with Crippen LogP contribution in [0.5, 0.6) is 0 Å². The van der Waals surface area contributed by atoms with Gasteiger partial charge in [-0.05, 0) is 25.0 Å². The third kappa shape index (κ3) is 4.73. The molecule has 0 bridgehead atoms. The van der Waals surface area contributed by atoms with E-state index in [2.05, 4.69) is 4.99 Å². The molecule has 0 aromatic heterocycles. The largest absolute Gasteiger partial charge is 0.342 e. The SMILES string of the molecule is Cc1ccc(CN2C(=NC(=O)Cc3cccc(C)c3)S[C@@H]3CS(=O)(=O)C[C@H]32)cc1. The molecule has 7 heteroatoms. The highest BCUT2D eigenvalue weighted by Gasteiger charge is 2.48. The van der Waals surface area contributed by atoms with Crippen LogP contribution in [0, 0.1) is 13.8 Å². The average molecular weight is 429 g/mol. The van der Waals surface area contributed by atoms with Crippen molar-refractivity contribution in [2.75, 3.05) is 11.5 Å². The number of hydrogen-bond acceptors (Lipinski definition) is 4. The van der Waals surface area contributed by atoms with E-state index in [0.29, 0.717) is 11.7 Å². The highest BCUT2D eigenvalue weighted by atomic mass is 32.2. The Balaban J connectivity index is 1.57. The molecule has 29 heavy (non-hydrogen) atoms. The van der Waals surface area contributed by atoms with Crippen LogP contribution in [-0.4, -0.2) is 47.2 Å². The number of amides is 1. The van der Waals surface area contributed by atoms with Crippen LogP contribution in [0.3, 0.4) is 0 Å². The number of amidine groups is 1. The topological polar surface area (TPSA) is 66.8 Å². The quantitative estimate of drug-likeness (QED) is 0.748. The maximum Gasteiger partial charge on any atom is 0.252 e. The van der Waals surface area contributed by atoms with Crippen LogP contribution in [0.4, 0.5) is 0 Å². The first-order valence-corrected chi connectivity index (χ1v) is 12.4. The number of hydrogen-bond donors (Lipinski definition) is 0. The maximum absolute atomic E-state index is 12.6. The van der Waals surface area contributed by atoms with Gasteiger partial charge in [-0.15, -0.1) is 0 Å². The van der Waals surface area contributed by atoms with Crippen molar-refractivity contribution in [2.24, 2.45) is 4.99 Å². The zero-order chi connectivity index (χ0) is 20.6. The summed E-state index contributed by atoms with van der Waals surface area (Å²) in [4.78, 5) is 19.0. The van der Waals surface area contributed by atoms with Gasteiger partial charge in [0.15, 0.2) is 15.0 Å². The van der Waals surface area contributed by atoms with Crippen molar-refractivity contribution in [1.29, 1.82) is 0 Å². The molecular formula is C22H24N2O3S2. The number of aryl methyl sites for hydroxylation is 2. The number of sulfone groups is 1. The Labute approximate surface area is 176 Å². The molecular weight excluding hydrogens is 404 g/mol. The predicted octanol–water partition coefficient (Wildman–Crippen LogP) is 3.14. The Morgan fingerprint density at radius 3 is 2.55 bits per heavy atom.